The summed E-state index contributed by atoms with van der Waals surface area (Å²) in [7, 11) is 1.67. The number of hydrogen-bond donors (Lipinski definition) is 4. The Hall–Kier alpha value is -1.87. The lowest BCUT2D eigenvalue weighted by molar-refractivity contribution is -0.142. The molecule has 8 heteroatoms. The van der Waals surface area contributed by atoms with E-state index >= 15 is 0 Å². The maximum absolute atomic E-state index is 11.1. The third-order valence-corrected chi connectivity index (χ3v) is 6.14. The molecule has 0 amide bonds. The van der Waals surface area contributed by atoms with Gasteiger partial charge in [0.25, 0.3) is 0 Å². The van der Waals surface area contributed by atoms with Crippen LogP contribution in [0.4, 0.5) is 0 Å². The van der Waals surface area contributed by atoms with Crippen LogP contribution in [0.5, 0.6) is 11.5 Å². The molecule has 1 aromatic carbocycles. The summed E-state index contributed by atoms with van der Waals surface area (Å²) in [5, 5.41) is 19.5. The van der Waals surface area contributed by atoms with Gasteiger partial charge in [-0.25, -0.2) is 0 Å². The fraction of sp³-hybridized carbons (Fsp3) is 0.731. The predicted octanol–water partition coefficient (Wildman–Crippen LogP) is 3.22. The molecule has 0 aliphatic heterocycles. The summed E-state index contributed by atoms with van der Waals surface area (Å²) >= 11 is 0. The number of carbonyl (C=O) groups is 1. The highest BCUT2D eigenvalue weighted by atomic mass is 16.5. The van der Waals surface area contributed by atoms with Crippen LogP contribution in [-0.4, -0.2) is 61.8 Å². The van der Waals surface area contributed by atoms with Gasteiger partial charge in [0.2, 0.25) is 0 Å². The van der Waals surface area contributed by atoms with Crippen molar-refractivity contribution in [1.29, 1.82) is 0 Å². The largest absolute Gasteiger partial charge is 0.490 e. The SMILES string of the molecule is COCCCOc1cc(C[C@@H](C[C@H](N)[C@@H](O)C[C@@H](C)C(=O)O)C(C)C)ccc1OCCCCN. The Morgan fingerprint density at radius 1 is 1.00 bits per heavy atom. The van der Waals surface area contributed by atoms with Gasteiger partial charge in [-0.2, -0.15) is 0 Å². The Kier molecular flexibility index (Phi) is 14.8. The molecule has 196 valence electrons. The van der Waals surface area contributed by atoms with E-state index in [2.05, 4.69) is 13.8 Å². The molecule has 0 fully saturated rings. The lowest BCUT2D eigenvalue weighted by Crippen LogP contribution is -2.39. The number of aliphatic carboxylic acids is 1. The molecule has 0 saturated heterocycles. The smallest absolute Gasteiger partial charge is 0.306 e. The molecule has 8 nitrogen and oxygen atoms in total. The number of rotatable bonds is 19. The van der Waals surface area contributed by atoms with Crippen LogP contribution in [0.25, 0.3) is 0 Å². The molecule has 0 bridgehead atoms. The van der Waals surface area contributed by atoms with Crippen molar-refractivity contribution in [3.63, 3.8) is 0 Å². The Balaban J connectivity index is 2.88. The maximum Gasteiger partial charge on any atom is 0.306 e. The van der Waals surface area contributed by atoms with Crippen molar-refractivity contribution < 1.29 is 29.2 Å². The molecule has 0 heterocycles. The van der Waals surface area contributed by atoms with Gasteiger partial charge in [0.05, 0.1) is 25.2 Å². The summed E-state index contributed by atoms with van der Waals surface area (Å²) in [6.45, 7) is 8.26. The lowest BCUT2D eigenvalue weighted by Gasteiger charge is -2.28. The lowest BCUT2D eigenvalue weighted by atomic mass is 9.82. The maximum atomic E-state index is 11.1. The molecular weight excluding hydrogens is 436 g/mol. The second kappa shape index (κ2) is 16.7. The number of aliphatic hydroxyl groups excluding tert-OH is 1. The second-order valence-electron chi connectivity index (χ2n) is 9.47. The van der Waals surface area contributed by atoms with Gasteiger partial charge in [-0.3, -0.25) is 4.79 Å². The van der Waals surface area contributed by atoms with E-state index in [1.54, 1.807) is 14.0 Å². The Morgan fingerprint density at radius 2 is 1.68 bits per heavy atom. The standard InChI is InChI=1S/C26H46N2O6/c1-18(2)21(17-22(28)23(29)14-19(3)26(30)31)15-20-8-9-24(33-12-6-5-10-27)25(16-20)34-13-7-11-32-4/h8-9,16,18-19,21-23,29H,5-7,10-15,17,27-28H2,1-4H3,(H,30,31)/t19-,21+,22+,23+/m1/s1. The first kappa shape index (κ1) is 30.2. The van der Waals surface area contributed by atoms with Gasteiger partial charge >= 0.3 is 5.97 Å². The Bertz CT molecular complexity index is 700. The van der Waals surface area contributed by atoms with Crippen molar-refractivity contribution in [3.05, 3.63) is 23.8 Å². The van der Waals surface area contributed by atoms with Crippen LogP contribution in [0, 0.1) is 17.8 Å². The molecule has 4 atom stereocenters. The van der Waals surface area contributed by atoms with Gasteiger partial charge in [0.1, 0.15) is 0 Å². The van der Waals surface area contributed by atoms with E-state index in [9.17, 15) is 9.90 Å². The van der Waals surface area contributed by atoms with Gasteiger partial charge in [-0.15, -0.1) is 0 Å². The summed E-state index contributed by atoms with van der Waals surface area (Å²) in [5.74, 6) is 0.442. The molecule has 0 spiro atoms. The van der Waals surface area contributed by atoms with Gasteiger partial charge in [0, 0.05) is 26.2 Å². The van der Waals surface area contributed by atoms with E-state index in [-0.39, 0.29) is 12.3 Å². The minimum Gasteiger partial charge on any atom is -0.490 e. The fourth-order valence-electron chi connectivity index (χ4n) is 3.76. The first-order chi connectivity index (χ1) is 16.2. The third-order valence-electron chi connectivity index (χ3n) is 6.14. The number of aliphatic hydroxyl groups is 1. The quantitative estimate of drug-likeness (QED) is 0.221. The van der Waals surface area contributed by atoms with Crippen LogP contribution >= 0.6 is 0 Å². The van der Waals surface area contributed by atoms with Crippen LogP contribution in [0.15, 0.2) is 18.2 Å². The molecule has 0 saturated carbocycles. The van der Waals surface area contributed by atoms with Crippen molar-refractivity contribution in [2.45, 2.75) is 71.4 Å². The van der Waals surface area contributed by atoms with Crippen molar-refractivity contribution in [3.8, 4) is 11.5 Å². The highest BCUT2D eigenvalue weighted by molar-refractivity contribution is 5.69. The van der Waals surface area contributed by atoms with Crippen molar-refractivity contribution in [2.75, 3.05) is 33.5 Å². The Morgan fingerprint density at radius 3 is 2.29 bits per heavy atom. The van der Waals surface area contributed by atoms with Gasteiger partial charge < -0.3 is 35.9 Å². The van der Waals surface area contributed by atoms with E-state index < -0.39 is 24.0 Å². The van der Waals surface area contributed by atoms with E-state index in [0.717, 1.165) is 31.2 Å². The van der Waals surface area contributed by atoms with Crippen molar-refractivity contribution in [2.24, 2.45) is 29.2 Å². The third kappa shape index (κ3) is 11.5. The normalized spacial score (nSPS) is 15.1. The summed E-state index contributed by atoms with van der Waals surface area (Å²) in [6.07, 6.45) is 3.25. The molecule has 34 heavy (non-hydrogen) atoms. The summed E-state index contributed by atoms with van der Waals surface area (Å²) < 4.78 is 17.1. The molecule has 0 aliphatic rings. The number of methoxy groups -OCH3 is 1. The number of carboxylic acid groups (broad SMARTS) is 1. The highest BCUT2D eigenvalue weighted by Gasteiger charge is 2.26. The molecule has 0 radical (unpaired) electrons. The minimum absolute atomic E-state index is 0.150. The van der Waals surface area contributed by atoms with Gasteiger partial charge in [-0.1, -0.05) is 26.8 Å². The van der Waals surface area contributed by atoms with Crippen LogP contribution in [-0.2, 0) is 16.0 Å². The Labute approximate surface area is 205 Å². The topological polar surface area (TPSA) is 137 Å². The first-order valence-corrected chi connectivity index (χ1v) is 12.4. The van der Waals surface area contributed by atoms with Crippen molar-refractivity contribution in [1.82, 2.24) is 0 Å². The fourth-order valence-corrected chi connectivity index (χ4v) is 3.76. The van der Waals surface area contributed by atoms with Crippen LogP contribution in [0.3, 0.4) is 0 Å². The number of unbranched alkanes of at least 4 members (excludes halogenated alkanes) is 1. The summed E-state index contributed by atoms with van der Waals surface area (Å²) in [5.41, 5.74) is 13.0. The van der Waals surface area contributed by atoms with E-state index in [1.165, 1.54) is 0 Å². The van der Waals surface area contributed by atoms with Crippen molar-refractivity contribution >= 4 is 5.97 Å². The number of ether oxygens (including phenoxy) is 3. The number of hydrogen-bond acceptors (Lipinski definition) is 7. The first-order valence-electron chi connectivity index (χ1n) is 12.4. The number of benzene rings is 1. The zero-order valence-electron chi connectivity index (χ0n) is 21.4. The van der Waals surface area contributed by atoms with Crippen LogP contribution in [0.1, 0.15) is 58.4 Å². The average molecular weight is 483 g/mol. The predicted molar refractivity (Wildman–Crippen MR) is 134 cm³/mol. The van der Waals surface area contributed by atoms with Gasteiger partial charge in [-0.05, 0) is 68.2 Å². The molecule has 1 rings (SSSR count). The second-order valence-corrected chi connectivity index (χ2v) is 9.47. The monoisotopic (exact) mass is 482 g/mol. The molecule has 0 unspecified atom stereocenters. The van der Waals surface area contributed by atoms with Crippen LogP contribution < -0.4 is 20.9 Å². The minimum atomic E-state index is -0.921. The zero-order valence-corrected chi connectivity index (χ0v) is 21.4. The van der Waals surface area contributed by atoms with Crippen LogP contribution in [0.2, 0.25) is 0 Å². The zero-order chi connectivity index (χ0) is 25.5. The van der Waals surface area contributed by atoms with Gasteiger partial charge in [0.15, 0.2) is 11.5 Å². The number of nitrogens with two attached hydrogens (primary N) is 2. The van der Waals surface area contributed by atoms with E-state index in [4.69, 9.17) is 30.8 Å². The average Bonchev–Trinajstić information content (AvgIpc) is 2.79. The summed E-state index contributed by atoms with van der Waals surface area (Å²) in [6, 6.07) is 5.53. The molecule has 6 N–H and O–H groups in total. The summed E-state index contributed by atoms with van der Waals surface area (Å²) in [4.78, 5) is 11.1. The molecule has 0 aromatic heterocycles. The molecule has 1 aromatic rings. The molecule has 0 aliphatic carbocycles. The highest BCUT2D eigenvalue weighted by Crippen LogP contribution is 2.32. The molecular formula is C26H46N2O6. The van der Waals surface area contributed by atoms with E-state index in [0.29, 0.717) is 50.2 Å². The number of carboxylic acids is 1. The van der Waals surface area contributed by atoms with E-state index in [1.807, 2.05) is 18.2 Å².